The molecule has 0 amide bonds. The Kier molecular flexibility index (Phi) is 8.04. The fourth-order valence-corrected chi connectivity index (χ4v) is 11.6. The number of rotatable bonds is 5. The maximum Gasteiger partial charge on any atom is 0.0726 e. The van der Waals surface area contributed by atoms with Gasteiger partial charge in [-0.15, -0.1) is 0 Å². The maximum atomic E-state index is 2.57. The number of hydrogen-bond acceptors (Lipinski definition) is 1. The molecule has 0 bridgehead atoms. The highest BCUT2D eigenvalue weighted by molar-refractivity contribution is 6.04. The monoisotopic (exact) mass is 795 g/mol. The molecule has 9 aromatic rings. The molecule has 1 heteroatoms. The topological polar surface area (TPSA) is 3.24 Å². The van der Waals surface area contributed by atoms with Gasteiger partial charge in [-0.25, -0.2) is 0 Å². The van der Waals surface area contributed by atoms with Crippen LogP contribution in [-0.4, -0.2) is 0 Å². The summed E-state index contributed by atoms with van der Waals surface area (Å²) in [7, 11) is 0. The third-order valence-electron chi connectivity index (χ3n) is 14.7. The molecule has 0 unspecified atom stereocenters. The molecule has 0 aliphatic heterocycles. The quantitative estimate of drug-likeness (QED) is 0.168. The van der Waals surface area contributed by atoms with E-state index in [1.165, 1.54) is 107 Å². The first kappa shape index (κ1) is 36.9. The first-order chi connectivity index (χ1) is 30.3. The highest BCUT2D eigenvalue weighted by Gasteiger charge is 2.52. The Balaban J connectivity index is 1.14. The van der Waals surface area contributed by atoms with E-state index in [1.54, 1.807) is 0 Å². The summed E-state index contributed by atoms with van der Waals surface area (Å²) >= 11 is 0. The third kappa shape index (κ3) is 5.21. The van der Waals surface area contributed by atoms with E-state index in [4.69, 9.17) is 0 Å². The summed E-state index contributed by atoms with van der Waals surface area (Å²) in [6, 6.07) is 75.5. The van der Waals surface area contributed by atoms with Gasteiger partial charge in [-0.1, -0.05) is 204 Å². The second kappa shape index (κ2) is 13.5. The largest absolute Gasteiger partial charge is 0.309 e. The molecule has 12 rings (SSSR count). The molecule has 0 saturated heterocycles. The molecule has 0 atom stereocenters. The van der Waals surface area contributed by atoms with Crippen LogP contribution in [0, 0.1) is 0 Å². The van der Waals surface area contributed by atoms with Crippen LogP contribution in [0.2, 0.25) is 0 Å². The van der Waals surface area contributed by atoms with Crippen LogP contribution in [0.15, 0.2) is 200 Å². The lowest BCUT2D eigenvalue weighted by atomic mass is 9.63. The van der Waals surface area contributed by atoms with Crippen molar-refractivity contribution in [2.45, 2.75) is 56.8 Å². The molecule has 0 N–H and O–H groups in total. The van der Waals surface area contributed by atoms with Crippen LogP contribution in [0.5, 0.6) is 0 Å². The highest BCUT2D eigenvalue weighted by atomic mass is 15.2. The standard InChI is InChI=1S/C61H49N/c1-59(2)35-36-60(3,4)54-39-43-37-42(34-33-41(43)38-53(54)59)45-22-12-17-31-56(45)62(55-30-16-11-21-44(55)40-19-6-5-7-20-40)57-32-18-29-52-58(57)48-25-10-15-28-51(48)61(52)49-26-13-8-23-46(49)47-24-9-14-27-50(47)61/h5-34,37-39H,35-36H2,1-4H3. The van der Waals surface area contributed by atoms with Gasteiger partial charge in [-0.05, 0) is 120 Å². The molecule has 3 aliphatic carbocycles. The van der Waals surface area contributed by atoms with Gasteiger partial charge in [0.2, 0.25) is 0 Å². The Morgan fingerprint density at radius 3 is 1.39 bits per heavy atom. The van der Waals surface area contributed by atoms with E-state index in [2.05, 4.69) is 233 Å². The predicted molar refractivity (Wildman–Crippen MR) is 261 cm³/mol. The summed E-state index contributed by atoms with van der Waals surface area (Å²) in [5, 5.41) is 2.61. The molecule has 0 aromatic heterocycles. The molecule has 0 saturated carbocycles. The third-order valence-corrected chi connectivity index (χ3v) is 14.7. The summed E-state index contributed by atoms with van der Waals surface area (Å²) in [6.07, 6.45) is 2.40. The van der Waals surface area contributed by atoms with Gasteiger partial charge in [0.05, 0.1) is 22.5 Å². The average Bonchev–Trinajstić information content (AvgIpc) is 3.79. The van der Waals surface area contributed by atoms with Crippen molar-refractivity contribution in [2.24, 2.45) is 0 Å². The normalized spacial score (nSPS) is 15.7. The zero-order valence-electron chi connectivity index (χ0n) is 35.9. The van der Waals surface area contributed by atoms with E-state index in [0.717, 1.165) is 11.4 Å². The van der Waals surface area contributed by atoms with Crippen molar-refractivity contribution in [3.05, 3.63) is 234 Å². The summed E-state index contributed by atoms with van der Waals surface area (Å²) in [6.45, 7) is 9.70. The molecule has 62 heavy (non-hydrogen) atoms. The van der Waals surface area contributed by atoms with Crippen LogP contribution < -0.4 is 4.90 Å². The second-order valence-electron chi connectivity index (χ2n) is 19.0. The fraction of sp³-hybridized carbons (Fsp3) is 0.148. The van der Waals surface area contributed by atoms with Crippen LogP contribution >= 0.6 is 0 Å². The van der Waals surface area contributed by atoms with Crippen molar-refractivity contribution < 1.29 is 0 Å². The molecule has 9 aromatic carbocycles. The molecular weight excluding hydrogens is 747 g/mol. The lowest BCUT2D eigenvalue weighted by molar-refractivity contribution is 0.332. The van der Waals surface area contributed by atoms with Crippen LogP contribution in [0.3, 0.4) is 0 Å². The minimum atomic E-state index is -0.445. The van der Waals surface area contributed by atoms with E-state index in [1.807, 2.05) is 0 Å². The van der Waals surface area contributed by atoms with Crippen molar-refractivity contribution >= 4 is 27.8 Å². The Labute approximate surface area is 366 Å². The lowest BCUT2D eigenvalue weighted by Gasteiger charge is -2.42. The molecule has 0 heterocycles. The van der Waals surface area contributed by atoms with Crippen LogP contribution in [0.4, 0.5) is 17.1 Å². The maximum absolute atomic E-state index is 2.57. The molecule has 1 spiro atoms. The van der Waals surface area contributed by atoms with Crippen LogP contribution in [0.1, 0.15) is 73.9 Å². The minimum Gasteiger partial charge on any atom is -0.309 e. The Bertz CT molecular complexity index is 3210. The smallest absolute Gasteiger partial charge is 0.0726 e. The van der Waals surface area contributed by atoms with E-state index < -0.39 is 5.41 Å². The van der Waals surface area contributed by atoms with Gasteiger partial charge in [0.15, 0.2) is 0 Å². The Morgan fingerprint density at radius 2 is 0.774 bits per heavy atom. The number of anilines is 3. The van der Waals surface area contributed by atoms with E-state index in [-0.39, 0.29) is 10.8 Å². The van der Waals surface area contributed by atoms with Crippen LogP contribution in [0.25, 0.3) is 55.3 Å². The zero-order chi connectivity index (χ0) is 41.8. The SMILES string of the molecule is CC1(C)CCC(C)(C)c2cc3cc(-c4ccccc4N(c4ccccc4-c4ccccc4)c4cccc5c4-c4ccccc4C54c5ccccc5-c5ccccc54)ccc3cc21. The average molecular weight is 796 g/mol. The Hall–Kier alpha value is -6.96. The van der Waals surface area contributed by atoms with E-state index in [0.29, 0.717) is 0 Å². The number of fused-ring (bicyclic) bond motifs is 12. The van der Waals surface area contributed by atoms with Gasteiger partial charge in [0.25, 0.3) is 0 Å². The summed E-state index contributed by atoms with van der Waals surface area (Å²) in [5.74, 6) is 0. The molecule has 0 fully saturated rings. The van der Waals surface area contributed by atoms with Crippen LogP contribution in [-0.2, 0) is 16.2 Å². The first-order valence-electron chi connectivity index (χ1n) is 22.3. The number of para-hydroxylation sites is 2. The highest BCUT2D eigenvalue weighted by Crippen LogP contribution is 2.65. The van der Waals surface area contributed by atoms with Crippen molar-refractivity contribution in [3.8, 4) is 44.5 Å². The van der Waals surface area contributed by atoms with Gasteiger partial charge in [0, 0.05) is 16.7 Å². The van der Waals surface area contributed by atoms with Gasteiger partial charge >= 0.3 is 0 Å². The molecule has 1 nitrogen and oxygen atoms in total. The summed E-state index contributed by atoms with van der Waals surface area (Å²) in [5.41, 5.74) is 21.7. The number of benzene rings is 9. The minimum absolute atomic E-state index is 0.132. The second-order valence-corrected chi connectivity index (χ2v) is 19.0. The molecule has 0 radical (unpaired) electrons. The van der Waals surface area contributed by atoms with Crippen molar-refractivity contribution in [2.75, 3.05) is 4.90 Å². The van der Waals surface area contributed by atoms with Gasteiger partial charge in [0.1, 0.15) is 0 Å². The van der Waals surface area contributed by atoms with Crippen molar-refractivity contribution in [1.29, 1.82) is 0 Å². The Morgan fingerprint density at radius 1 is 0.323 bits per heavy atom. The summed E-state index contributed by atoms with van der Waals surface area (Å²) in [4.78, 5) is 2.57. The van der Waals surface area contributed by atoms with Gasteiger partial charge < -0.3 is 4.90 Å². The first-order valence-corrected chi connectivity index (χ1v) is 22.3. The van der Waals surface area contributed by atoms with E-state index in [9.17, 15) is 0 Å². The van der Waals surface area contributed by atoms with E-state index >= 15 is 0 Å². The van der Waals surface area contributed by atoms with Crippen molar-refractivity contribution in [3.63, 3.8) is 0 Å². The fourth-order valence-electron chi connectivity index (χ4n) is 11.6. The summed E-state index contributed by atoms with van der Waals surface area (Å²) < 4.78 is 0. The molecule has 3 aliphatic rings. The zero-order valence-corrected chi connectivity index (χ0v) is 35.9. The number of nitrogens with zero attached hydrogens (tertiary/aromatic N) is 1. The van der Waals surface area contributed by atoms with Gasteiger partial charge in [-0.2, -0.15) is 0 Å². The molecule has 298 valence electrons. The van der Waals surface area contributed by atoms with Gasteiger partial charge in [-0.3, -0.25) is 0 Å². The molecular formula is C61H49N. The predicted octanol–water partition coefficient (Wildman–Crippen LogP) is 16.3. The number of hydrogen-bond donors (Lipinski definition) is 0. The van der Waals surface area contributed by atoms with Crippen molar-refractivity contribution in [1.82, 2.24) is 0 Å². The lowest BCUT2D eigenvalue weighted by Crippen LogP contribution is -2.33.